The van der Waals surface area contributed by atoms with Gasteiger partial charge in [0.15, 0.2) is 9.84 Å². The molecule has 0 saturated carbocycles. The van der Waals surface area contributed by atoms with Crippen molar-refractivity contribution in [3.63, 3.8) is 0 Å². The highest BCUT2D eigenvalue weighted by molar-refractivity contribution is 7.92. The van der Waals surface area contributed by atoms with Crippen LogP contribution in [0.15, 0.2) is 0 Å². The number of carbonyl (C=O) groups excluding carboxylic acids is 1. The van der Waals surface area contributed by atoms with Gasteiger partial charge in [-0.25, -0.2) is 8.42 Å². The fourth-order valence-corrected chi connectivity index (χ4v) is 5.22. The SMILES string of the molecule is CCNC1CCN(C(=O)C2CCCCS2(=O)=O)CC1C. The molecule has 3 atom stereocenters. The zero-order chi connectivity index (χ0) is 14.8. The molecule has 2 saturated heterocycles. The average Bonchev–Trinajstić information content (AvgIpc) is 2.40. The molecule has 1 N–H and O–H groups in total. The molecule has 0 aromatic rings. The van der Waals surface area contributed by atoms with Gasteiger partial charge in [0.2, 0.25) is 5.91 Å². The fraction of sp³-hybridized carbons (Fsp3) is 0.929. The normalized spacial score (nSPS) is 33.9. The Morgan fingerprint density at radius 3 is 2.65 bits per heavy atom. The van der Waals surface area contributed by atoms with Crippen LogP contribution in [0.2, 0.25) is 0 Å². The Morgan fingerprint density at radius 1 is 1.30 bits per heavy atom. The van der Waals surface area contributed by atoms with Crippen LogP contribution < -0.4 is 5.32 Å². The van der Waals surface area contributed by atoms with Crippen molar-refractivity contribution in [2.24, 2.45) is 5.92 Å². The Kier molecular flexibility index (Phi) is 5.07. The molecule has 6 heteroatoms. The number of likely N-dealkylation sites (tertiary alicyclic amines) is 1. The predicted molar refractivity (Wildman–Crippen MR) is 79.3 cm³/mol. The number of hydrogen-bond donors (Lipinski definition) is 1. The number of rotatable bonds is 3. The van der Waals surface area contributed by atoms with Crippen molar-refractivity contribution < 1.29 is 13.2 Å². The number of nitrogens with one attached hydrogen (secondary N) is 1. The fourth-order valence-electron chi connectivity index (χ4n) is 3.35. The number of hydrogen-bond acceptors (Lipinski definition) is 4. The molecule has 3 unspecified atom stereocenters. The summed E-state index contributed by atoms with van der Waals surface area (Å²) in [4.78, 5) is 14.3. The second-order valence-corrected chi connectivity index (χ2v) is 8.37. The molecule has 2 heterocycles. The second-order valence-electron chi connectivity index (χ2n) is 6.07. The standard InChI is InChI=1S/C14H26N2O3S/c1-3-15-12-7-8-16(10-11(12)2)14(17)13-6-4-5-9-20(13,18)19/h11-13,15H,3-10H2,1-2H3. The maximum absolute atomic E-state index is 12.5. The van der Waals surface area contributed by atoms with Gasteiger partial charge in [0, 0.05) is 19.1 Å². The van der Waals surface area contributed by atoms with E-state index in [1.54, 1.807) is 4.90 Å². The topological polar surface area (TPSA) is 66.5 Å². The Morgan fingerprint density at radius 2 is 2.05 bits per heavy atom. The summed E-state index contributed by atoms with van der Waals surface area (Å²) in [5, 5.41) is 2.65. The molecule has 2 aliphatic heterocycles. The Labute approximate surface area is 122 Å². The average molecular weight is 302 g/mol. The van der Waals surface area contributed by atoms with Crippen LogP contribution in [-0.2, 0) is 14.6 Å². The lowest BCUT2D eigenvalue weighted by atomic mass is 9.93. The van der Waals surface area contributed by atoms with E-state index < -0.39 is 15.1 Å². The number of carbonyl (C=O) groups is 1. The highest BCUT2D eigenvalue weighted by Gasteiger charge is 2.39. The summed E-state index contributed by atoms with van der Waals surface area (Å²) in [6.07, 6.45) is 2.96. The molecule has 0 bridgehead atoms. The molecule has 0 aromatic heterocycles. The minimum absolute atomic E-state index is 0.161. The number of nitrogens with zero attached hydrogens (tertiary/aromatic N) is 1. The molecule has 2 fully saturated rings. The monoisotopic (exact) mass is 302 g/mol. The van der Waals surface area contributed by atoms with E-state index in [1.807, 2.05) is 0 Å². The van der Waals surface area contributed by atoms with E-state index in [4.69, 9.17) is 0 Å². The Hall–Kier alpha value is -0.620. The largest absolute Gasteiger partial charge is 0.341 e. The lowest BCUT2D eigenvalue weighted by Crippen LogP contribution is -2.54. The molecule has 0 aromatic carbocycles. The zero-order valence-corrected chi connectivity index (χ0v) is 13.3. The highest BCUT2D eigenvalue weighted by Crippen LogP contribution is 2.24. The smallest absolute Gasteiger partial charge is 0.240 e. The van der Waals surface area contributed by atoms with E-state index in [0.717, 1.165) is 19.4 Å². The van der Waals surface area contributed by atoms with Crippen LogP contribution in [0.3, 0.4) is 0 Å². The van der Waals surface area contributed by atoms with E-state index in [9.17, 15) is 13.2 Å². The summed E-state index contributed by atoms with van der Waals surface area (Å²) >= 11 is 0. The van der Waals surface area contributed by atoms with E-state index in [2.05, 4.69) is 19.2 Å². The van der Waals surface area contributed by atoms with Crippen LogP contribution in [0.25, 0.3) is 0 Å². The van der Waals surface area contributed by atoms with Crippen molar-refractivity contribution in [2.45, 2.75) is 50.8 Å². The Balaban J connectivity index is 2.00. The first-order valence-corrected chi connectivity index (χ1v) is 9.41. The number of amides is 1. The van der Waals surface area contributed by atoms with E-state index in [1.165, 1.54) is 0 Å². The van der Waals surface area contributed by atoms with Crippen LogP contribution in [0.1, 0.15) is 39.5 Å². The number of piperidine rings is 1. The summed E-state index contributed by atoms with van der Waals surface area (Å²) in [6, 6.07) is 0.437. The first kappa shape index (κ1) is 15.8. The quantitative estimate of drug-likeness (QED) is 0.837. The third kappa shape index (κ3) is 3.34. The highest BCUT2D eigenvalue weighted by atomic mass is 32.2. The summed E-state index contributed by atoms with van der Waals surface area (Å²) in [7, 11) is -3.22. The minimum Gasteiger partial charge on any atom is -0.341 e. The van der Waals surface area contributed by atoms with Crippen molar-refractivity contribution in [1.29, 1.82) is 0 Å². The first-order chi connectivity index (χ1) is 9.45. The van der Waals surface area contributed by atoms with E-state index in [-0.39, 0.29) is 11.7 Å². The van der Waals surface area contributed by atoms with Crippen LogP contribution >= 0.6 is 0 Å². The van der Waals surface area contributed by atoms with Gasteiger partial charge in [-0.15, -0.1) is 0 Å². The molecule has 0 aliphatic carbocycles. The van der Waals surface area contributed by atoms with Crippen LogP contribution in [0.5, 0.6) is 0 Å². The van der Waals surface area contributed by atoms with Gasteiger partial charge < -0.3 is 10.2 Å². The lowest BCUT2D eigenvalue weighted by Gasteiger charge is -2.39. The molecule has 2 aliphatic rings. The van der Waals surface area contributed by atoms with Crippen molar-refractivity contribution >= 4 is 15.7 Å². The van der Waals surface area contributed by atoms with Crippen molar-refractivity contribution in [3.05, 3.63) is 0 Å². The number of sulfone groups is 1. The molecule has 0 radical (unpaired) electrons. The predicted octanol–water partition coefficient (Wildman–Crippen LogP) is 0.800. The Bertz CT molecular complexity index is 449. The van der Waals surface area contributed by atoms with Crippen molar-refractivity contribution in [3.8, 4) is 0 Å². The van der Waals surface area contributed by atoms with Gasteiger partial charge in [-0.3, -0.25) is 4.79 Å². The molecule has 116 valence electrons. The minimum atomic E-state index is -3.22. The molecule has 0 spiro atoms. The lowest BCUT2D eigenvalue weighted by molar-refractivity contribution is -0.133. The molecular weight excluding hydrogens is 276 g/mol. The molecule has 5 nitrogen and oxygen atoms in total. The second kappa shape index (κ2) is 6.43. The van der Waals surface area contributed by atoms with Gasteiger partial charge in [-0.2, -0.15) is 0 Å². The first-order valence-electron chi connectivity index (χ1n) is 7.69. The summed E-state index contributed by atoms with van der Waals surface area (Å²) in [5.41, 5.74) is 0. The van der Waals surface area contributed by atoms with Gasteiger partial charge in [0.25, 0.3) is 0 Å². The third-order valence-electron chi connectivity index (χ3n) is 4.54. The van der Waals surface area contributed by atoms with Crippen molar-refractivity contribution in [2.75, 3.05) is 25.4 Å². The summed E-state index contributed by atoms with van der Waals surface area (Å²) in [6.45, 7) is 6.48. The van der Waals surface area contributed by atoms with Crippen LogP contribution in [0, 0.1) is 5.92 Å². The van der Waals surface area contributed by atoms with E-state index in [0.29, 0.717) is 37.9 Å². The summed E-state index contributed by atoms with van der Waals surface area (Å²) < 4.78 is 24.1. The maximum Gasteiger partial charge on any atom is 0.240 e. The van der Waals surface area contributed by atoms with Gasteiger partial charge in [-0.05, 0) is 31.7 Å². The van der Waals surface area contributed by atoms with Gasteiger partial charge in [0.1, 0.15) is 5.25 Å². The van der Waals surface area contributed by atoms with E-state index >= 15 is 0 Å². The van der Waals surface area contributed by atoms with Gasteiger partial charge in [-0.1, -0.05) is 20.3 Å². The molecule has 2 rings (SSSR count). The van der Waals surface area contributed by atoms with Crippen LogP contribution in [0.4, 0.5) is 0 Å². The van der Waals surface area contributed by atoms with Gasteiger partial charge in [0.05, 0.1) is 5.75 Å². The third-order valence-corrected chi connectivity index (χ3v) is 6.70. The summed E-state index contributed by atoms with van der Waals surface area (Å²) in [5.74, 6) is 0.387. The molecule has 1 amide bonds. The zero-order valence-electron chi connectivity index (χ0n) is 12.5. The maximum atomic E-state index is 12.5. The molecular formula is C14H26N2O3S. The van der Waals surface area contributed by atoms with Crippen molar-refractivity contribution in [1.82, 2.24) is 10.2 Å². The van der Waals surface area contributed by atoms with Crippen LogP contribution in [-0.4, -0.2) is 55.9 Å². The molecule has 20 heavy (non-hydrogen) atoms. The van der Waals surface area contributed by atoms with Gasteiger partial charge >= 0.3 is 0 Å².